The van der Waals surface area contributed by atoms with E-state index in [1.165, 1.54) is 12.3 Å². The number of anilines is 1. The topological polar surface area (TPSA) is 49.0 Å². The van der Waals surface area contributed by atoms with Crippen LogP contribution in [0.4, 0.5) is 18.9 Å². The summed E-state index contributed by atoms with van der Waals surface area (Å²) in [6.07, 6.45) is -3.07. The molecule has 0 aliphatic heterocycles. The van der Waals surface area contributed by atoms with E-state index in [1.54, 1.807) is 25.1 Å². The fourth-order valence-electron chi connectivity index (χ4n) is 1.82. The smallest absolute Gasteiger partial charge is 0.417 e. The Bertz CT molecular complexity index is 627. The molecule has 0 fully saturated rings. The fourth-order valence-corrected chi connectivity index (χ4v) is 1.82. The normalized spacial score (nSPS) is 12.8. The van der Waals surface area contributed by atoms with Crippen molar-refractivity contribution in [2.45, 2.75) is 19.1 Å². The predicted molar refractivity (Wildman–Crippen MR) is 66.9 cm³/mol. The number of nitrogens with one attached hydrogen (secondary N) is 1. The number of hydrogen-bond acceptors (Lipinski definition) is 3. The van der Waals surface area contributed by atoms with Crippen LogP contribution in [-0.2, 0) is 6.18 Å². The van der Waals surface area contributed by atoms with Crippen LogP contribution in [0, 0.1) is 11.3 Å². The summed E-state index contributed by atoms with van der Waals surface area (Å²) in [5, 5.41) is 11.6. The third-order valence-corrected chi connectivity index (χ3v) is 2.80. The molecule has 2 aromatic rings. The van der Waals surface area contributed by atoms with Crippen LogP contribution in [0.5, 0.6) is 0 Å². The van der Waals surface area contributed by atoms with E-state index in [9.17, 15) is 13.2 Å². The number of nitrogens with zero attached hydrogens (tertiary/aromatic N) is 1. The first-order valence-corrected chi connectivity index (χ1v) is 5.83. The SMILES string of the molecule is CC(Nc1ccc(C#N)c(C(F)(F)F)c1)c1ccco1. The highest BCUT2D eigenvalue weighted by Gasteiger charge is 2.33. The van der Waals surface area contributed by atoms with Crippen molar-refractivity contribution in [1.82, 2.24) is 0 Å². The van der Waals surface area contributed by atoms with Crippen LogP contribution in [0.25, 0.3) is 0 Å². The van der Waals surface area contributed by atoms with Gasteiger partial charge in [0.05, 0.1) is 29.5 Å². The Morgan fingerprint density at radius 2 is 2.05 bits per heavy atom. The van der Waals surface area contributed by atoms with Gasteiger partial charge in [-0.1, -0.05) is 0 Å². The van der Waals surface area contributed by atoms with Gasteiger partial charge in [0.25, 0.3) is 0 Å². The van der Waals surface area contributed by atoms with Crippen LogP contribution in [-0.4, -0.2) is 0 Å². The minimum Gasteiger partial charge on any atom is -0.467 e. The lowest BCUT2D eigenvalue weighted by Gasteiger charge is -2.15. The number of hydrogen-bond donors (Lipinski definition) is 1. The van der Waals surface area contributed by atoms with Crippen molar-refractivity contribution in [1.29, 1.82) is 5.26 Å². The molecule has 0 amide bonds. The highest BCUT2D eigenvalue weighted by atomic mass is 19.4. The van der Waals surface area contributed by atoms with E-state index in [4.69, 9.17) is 9.68 Å². The fraction of sp³-hybridized carbons (Fsp3) is 0.214. The van der Waals surface area contributed by atoms with Gasteiger partial charge in [0.2, 0.25) is 0 Å². The van der Waals surface area contributed by atoms with Crippen molar-refractivity contribution >= 4 is 5.69 Å². The lowest BCUT2D eigenvalue weighted by molar-refractivity contribution is -0.137. The second kappa shape index (κ2) is 5.29. The summed E-state index contributed by atoms with van der Waals surface area (Å²) in [6.45, 7) is 1.77. The quantitative estimate of drug-likeness (QED) is 0.909. The molecule has 20 heavy (non-hydrogen) atoms. The molecular formula is C14H11F3N2O. The van der Waals surface area contributed by atoms with Crippen molar-refractivity contribution < 1.29 is 17.6 Å². The molecule has 0 spiro atoms. The van der Waals surface area contributed by atoms with Gasteiger partial charge in [-0.05, 0) is 37.3 Å². The lowest BCUT2D eigenvalue weighted by Crippen LogP contribution is -2.10. The van der Waals surface area contributed by atoms with Crippen LogP contribution in [0.2, 0.25) is 0 Å². The molecule has 2 rings (SSSR count). The molecule has 3 nitrogen and oxygen atoms in total. The Balaban J connectivity index is 2.28. The zero-order chi connectivity index (χ0) is 14.8. The molecule has 1 N–H and O–H groups in total. The van der Waals surface area contributed by atoms with Crippen LogP contribution in [0.1, 0.15) is 29.9 Å². The average Bonchev–Trinajstić information content (AvgIpc) is 2.91. The summed E-state index contributed by atoms with van der Waals surface area (Å²) in [6, 6.07) is 8.21. The molecule has 1 aromatic carbocycles. The van der Waals surface area contributed by atoms with Crippen LogP contribution in [0.15, 0.2) is 41.0 Å². The first-order valence-electron chi connectivity index (χ1n) is 5.83. The first kappa shape index (κ1) is 14.0. The molecule has 0 aliphatic rings. The number of rotatable bonds is 3. The van der Waals surface area contributed by atoms with Crippen LogP contribution < -0.4 is 5.32 Å². The Morgan fingerprint density at radius 3 is 2.60 bits per heavy atom. The van der Waals surface area contributed by atoms with E-state index in [0.717, 1.165) is 12.1 Å². The predicted octanol–water partition coefficient (Wildman–Crippen LogP) is 4.34. The maximum Gasteiger partial charge on any atom is 0.417 e. The number of halogens is 3. The average molecular weight is 280 g/mol. The van der Waals surface area contributed by atoms with Crippen molar-refractivity contribution in [3.05, 3.63) is 53.5 Å². The molecule has 1 heterocycles. The summed E-state index contributed by atoms with van der Waals surface area (Å²) in [5.41, 5.74) is -1.06. The maximum atomic E-state index is 12.8. The standard InChI is InChI=1S/C14H11F3N2O/c1-9(13-3-2-6-20-13)19-11-5-4-10(8-18)12(7-11)14(15,16)17/h2-7,9,19H,1H3. The summed E-state index contributed by atoms with van der Waals surface area (Å²) in [5.74, 6) is 0.614. The van der Waals surface area contributed by atoms with Crippen molar-refractivity contribution in [3.63, 3.8) is 0 Å². The van der Waals surface area contributed by atoms with Gasteiger partial charge >= 0.3 is 6.18 Å². The molecule has 0 aliphatic carbocycles. The molecule has 0 saturated carbocycles. The Hall–Kier alpha value is -2.42. The van der Waals surface area contributed by atoms with Gasteiger partial charge in [-0.25, -0.2) is 0 Å². The number of alkyl halides is 3. The molecule has 104 valence electrons. The van der Waals surface area contributed by atoms with Crippen molar-refractivity contribution in [3.8, 4) is 6.07 Å². The molecule has 1 atom stereocenters. The summed E-state index contributed by atoms with van der Waals surface area (Å²) < 4.78 is 43.7. The molecular weight excluding hydrogens is 269 g/mol. The molecule has 1 aromatic heterocycles. The highest BCUT2D eigenvalue weighted by molar-refractivity contribution is 5.53. The highest BCUT2D eigenvalue weighted by Crippen LogP contribution is 2.34. The number of nitriles is 1. The first-order chi connectivity index (χ1) is 9.41. The molecule has 1 unspecified atom stereocenters. The minimum absolute atomic E-state index is 0.278. The van der Waals surface area contributed by atoms with E-state index in [0.29, 0.717) is 5.76 Å². The number of benzene rings is 1. The van der Waals surface area contributed by atoms with Gasteiger partial charge in [0.1, 0.15) is 5.76 Å². The summed E-state index contributed by atoms with van der Waals surface area (Å²) in [7, 11) is 0. The van der Waals surface area contributed by atoms with E-state index < -0.39 is 17.3 Å². The van der Waals surface area contributed by atoms with Gasteiger partial charge in [-0.15, -0.1) is 0 Å². The number of furan rings is 1. The zero-order valence-electron chi connectivity index (χ0n) is 10.5. The Kier molecular flexibility index (Phi) is 3.70. The third-order valence-electron chi connectivity index (χ3n) is 2.80. The van der Waals surface area contributed by atoms with Gasteiger partial charge in [0, 0.05) is 5.69 Å². The Labute approximate surface area is 113 Å². The second-order valence-electron chi connectivity index (χ2n) is 4.25. The molecule has 0 radical (unpaired) electrons. The summed E-state index contributed by atoms with van der Waals surface area (Å²) >= 11 is 0. The molecule has 6 heteroatoms. The van der Waals surface area contributed by atoms with E-state index in [1.807, 2.05) is 0 Å². The van der Waals surface area contributed by atoms with E-state index >= 15 is 0 Å². The van der Waals surface area contributed by atoms with E-state index in [2.05, 4.69) is 5.32 Å². The van der Waals surface area contributed by atoms with Gasteiger partial charge in [-0.3, -0.25) is 0 Å². The van der Waals surface area contributed by atoms with Gasteiger partial charge in [0.15, 0.2) is 0 Å². The van der Waals surface area contributed by atoms with Crippen LogP contribution in [0.3, 0.4) is 0 Å². The third kappa shape index (κ3) is 2.94. The molecule has 0 saturated heterocycles. The largest absolute Gasteiger partial charge is 0.467 e. The minimum atomic E-state index is -4.56. The van der Waals surface area contributed by atoms with Crippen molar-refractivity contribution in [2.75, 3.05) is 5.32 Å². The monoisotopic (exact) mass is 280 g/mol. The Morgan fingerprint density at radius 1 is 1.30 bits per heavy atom. The lowest BCUT2D eigenvalue weighted by atomic mass is 10.1. The zero-order valence-corrected chi connectivity index (χ0v) is 10.5. The van der Waals surface area contributed by atoms with Gasteiger partial charge < -0.3 is 9.73 Å². The van der Waals surface area contributed by atoms with Crippen LogP contribution >= 0.6 is 0 Å². The summed E-state index contributed by atoms with van der Waals surface area (Å²) in [4.78, 5) is 0. The maximum absolute atomic E-state index is 12.8. The second-order valence-corrected chi connectivity index (χ2v) is 4.25. The molecule has 0 bridgehead atoms. The van der Waals surface area contributed by atoms with Gasteiger partial charge in [-0.2, -0.15) is 18.4 Å². The van der Waals surface area contributed by atoms with E-state index in [-0.39, 0.29) is 11.7 Å². The van der Waals surface area contributed by atoms with Crippen molar-refractivity contribution in [2.24, 2.45) is 0 Å².